The van der Waals surface area contributed by atoms with Crippen molar-refractivity contribution in [2.45, 2.75) is 122 Å². The van der Waals surface area contributed by atoms with Crippen molar-refractivity contribution in [3.8, 4) is 0 Å². The number of furan rings is 1. The average Bonchev–Trinajstić information content (AvgIpc) is 3.50. The number of carbonyl (C=O) groups excluding carboxylic acids is 2. The first-order valence-corrected chi connectivity index (χ1v) is 13.2. The number of hydrogen-bond acceptors (Lipinski definition) is 4. The zero-order valence-corrected chi connectivity index (χ0v) is 20.3. The first-order chi connectivity index (χ1) is 15.7. The van der Waals surface area contributed by atoms with Crippen LogP contribution >= 0.6 is 0 Å². The van der Waals surface area contributed by atoms with Gasteiger partial charge in [0.25, 0.3) is 5.91 Å². The Hall–Kier alpha value is -1.78. The van der Waals surface area contributed by atoms with Gasteiger partial charge in [-0.15, -0.1) is 0 Å². The van der Waals surface area contributed by atoms with Crippen molar-refractivity contribution in [2.24, 2.45) is 0 Å². The highest BCUT2D eigenvalue weighted by molar-refractivity contribution is 5.94. The van der Waals surface area contributed by atoms with E-state index in [0.717, 1.165) is 19.3 Å². The maximum absolute atomic E-state index is 12.5. The van der Waals surface area contributed by atoms with Gasteiger partial charge in [-0.25, -0.2) is 4.79 Å². The molecular formula is C27H45NO4. The Morgan fingerprint density at radius 3 is 2.00 bits per heavy atom. The van der Waals surface area contributed by atoms with Gasteiger partial charge in [0.05, 0.1) is 12.9 Å². The Labute approximate surface area is 195 Å². The maximum atomic E-state index is 12.5. The molecule has 0 N–H and O–H groups in total. The molecule has 1 aliphatic rings. The molecule has 5 heteroatoms. The van der Waals surface area contributed by atoms with Crippen LogP contribution in [0.2, 0.25) is 0 Å². The number of likely N-dealkylation sites (tertiary alicyclic amines) is 1. The molecule has 5 nitrogen and oxygen atoms in total. The van der Waals surface area contributed by atoms with Crippen LogP contribution in [0.3, 0.4) is 0 Å². The van der Waals surface area contributed by atoms with Gasteiger partial charge in [-0.2, -0.15) is 0 Å². The van der Waals surface area contributed by atoms with Crippen LogP contribution in [0.15, 0.2) is 22.8 Å². The van der Waals surface area contributed by atoms with Crippen molar-refractivity contribution in [3.05, 3.63) is 24.2 Å². The summed E-state index contributed by atoms with van der Waals surface area (Å²) in [4.78, 5) is 26.5. The van der Waals surface area contributed by atoms with E-state index in [0.29, 0.717) is 19.6 Å². The Balaban J connectivity index is 1.40. The lowest BCUT2D eigenvalue weighted by Crippen LogP contribution is -2.41. The van der Waals surface area contributed by atoms with Crippen molar-refractivity contribution >= 4 is 11.9 Å². The number of amides is 1. The highest BCUT2D eigenvalue weighted by Gasteiger charge is 2.36. The predicted molar refractivity (Wildman–Crippen MR) is 129 cm³/mol. The number of esters is 1. The van der Waals surface area contributed by atoms with E-state index in [4.69, 9.17) is 9.15 Å². The molecule has 1 aromatic rings. The molecule has 1 atom stereocenters. The number of carbonyl (C=O) groups is 2. The monoisotopic (exact) mass is 447 g/mol. The molecule has 0 spiro atoms. The summed E-state index contributed by atoms with van der Waals surface area (Å²) in [6.45, 7) is 3.31. The van der Waals surface area contributed by atoms with E-state index in [9.17, 15) is 9.59 Å². The summed E-state index contributed by atoms with van der Waals surface area (Å²) in [6, 6.07) is 2.86. The van der Waals surface area contributed by atoms with Crippen molar-refractivity contribution in [3.63, 3.8) is 0 Å². The highest BCUT2D eigenvalue weighted by atomic mass is 16.5. The van der Waals surface area contributed by atoms with E-state index in [1.165, 1.54) is 89.7 Å². The molecule has 2 heterocycles. The molecule has 0 radical (unpaired) electrons. The molecule has 1 unspecified atom stereocenters. The van der Waals surface area contributed by atoms with E-state index >= 15 is 0 Å². The number of hydrogen-bond donors (Lipinski definition) is 0. The minimum absolute atomic E-state index is 0.221. The summed E-state index contributed by atoms with van der Waals surface area (Å²) in [5.74, 6) is -0.207. The van der Waals surface area contributed by atoms with Crippen LogP contribution in [0.5, 0.6) is 0 Å². The molecule has 0 saturated carbocycles. The molecule has 0 aromatic carbocycles. The Morgan fingerprint density at radius 1 is 0.906 bits per heavy atom. The van der Waals surface area contributed by atoms with Gasteiger partial charge in [0.15, 0.2) is 5.76 Å². The summed E-state index contributed by atoms with van der Waals surface area (Å²) in [6.07, 6.45) is 22.7. The topological polar surface area (TPSA) is 59.8 Å². The molecule has 0 aliphatic carbocycles. The second-order valence-corrected chi connectivity index (χ2v) is 9.25. The van der Waals surface area contributed by atoms with Gasteiger partial charge in [-0.1, -0.05) is 96.8 Å². The van der Waals surface area contributed by atoms with Gasteiger partial charge in [0.2, 0.25) is 0 Å². The minimum Gasteiger partial charge on any atom is -0.464 e. The van der Waals surface area contributed by atoms with Crippen molar-refractivity contribution in [1.82, 2.24) is 4.90 Å². The zero-order valence-electron chi connectivity index (χ0n) is 20.3. The quantitative estimate of drug-likeness (QED) is 0.175. The third-order valence-electron chi connectivity index (χ3n) is 6.51. The second-order valence-electron chi connectivity index (χ2n) is 9.25. The number of ether oxygens (including phenoxy) is 1. The number of unbranched alkanes of at least 4 members (excludes halogenated alkanes) is 14. The first-order valence-electron chi connectivity index (χ1n) is 13.2. The molecule has 1 aromatic heterocycles. The van der Waals surface area contributed by atoms with Crippen molar-refractivity contribution < 1.29 is 18.7 Å². The fourth-order valence-electron chi connectivity index (χ4n) is 4.54. The van der Waals surface area contributed by atoms with Crippen LogP contribution in [-0.4, -0.2) is 36.0 Å². The molecule has 32 heavy (non-hydrogen) atoms. The Morgan fingerprint density at radius 2 is 1.47 bits per heavy atom. The fraction of sp³-hybridized carbons (Fsp3) is 0.778. The lowest BCUT2D eigenvalue weighted by molar-refractivity contribution is -0.148. The fourth-order valence-corrected chi connectivity index (χ4v) is 4.54. The van der Waals surface area contributed by atoms with E-state index in [-0.39, 0.29) is 17.6 Å². The molecule has 1 saturated heterocycles. The van der Waals surface area contributed by atoms with Crippen LogP contribution in [0.25, 0.3) is 0 Å². The minimum atomic E-state index is -0.469. The average molecular weight is 448 g/mol. The predicted octanol–water partition coefficient (Wildman–Crippen LogP) is 7.30. The second kappa shape index (κ2) is 16.8. The van der Waals surface area contributed by atoms with Crippen LogP contribution in [-0.2, 0) is 9.53 Å². The SMILES string of the molecule is CCCCCCCCCCCCCCCCCOC(=O)C1CCCN1C(=O)c1ccco1. The van der Waals surface area contributed by atoms with Crippen LogP contribution in [0.4, 0.5) is 0 Å². The summed E-state index contributed by atoms with van der Waals surface area (Å²) >= 11 is 0. The zero-order chi connectivity index (χ0) is 22.9. The maximum Gasteiger partial charge on any atom is 0.328 e. The summed E-state index contributed by atoms with van der Waals surface area (Å²) in [5.41, 5.74) is 0. The van der Waals surface area contributed by atoms with Crippen LogP contribution in [0, 0.1) is 0 Å². The van der Waals surface area contributed by atoms with E-state index in [1.807, 2.05) is 0 Å². The van der Waals surface area contributed by atoms with E-state index in [1.54, 1.807) is 17.0 Å². The van der Waals surface area contributed by atoms with Crippen LogP contribution in [0.1, 0.15) is 127 Å². The molecule has 0 bridgehead atoms. The molecule has 1 aliphatic heterocycles. The van der Waals surface area contributed by atoms with Crippen molar-refractivity contribution in [1.29, 1.82) is 0 Å². The molecule has 2 rings (SSSR count). The number of rotatable bonds is 18. The van der Waals surface area contributed by atoms with Gasteiger partial charge >= 0.3 is 5.97 Å². The standard InChI is InChI=1S/C27H45NO4/c1-2-3-4-5-6-7-8-9-10-11-12-13-14-15-16-22-32-27(30)24-19-17-21-28(24)26(29)25-20-18-23-31-25/h18,20,23-24H,2-17,19,21-22H2,1H3. The van der Waals surface area contributed by atoms with Gasteiger partial charge in [0.1, 0.15) is 6.04 Å². The molecular weight excluding hydrogens is 402 g/mol. The molecule has 1 fully saturated rings. The number of nitrogens with zero attached hydrogens (tertiary/aromatic N) is 1. The summed E-state index contributed by atoms with van der Waals surface area (Å²) in [7, 11) is 0. The van der Waals surface area contributed by atoms with Gasteiger partial charge in [-0.05, 0) is 31.4 Å². The summed E-state index contributed by atoms with van der Waals surface area (Å²) < 4.78 is 10.7. The van der Waals surface area contributed by atoms with Gasteiger partial charge in [-0.3, -0.25) is 4.79 Å². The molecule has 1 amide bonds. The smallest absolute Gasteiger partial charge is 0.328 e. The molecule has 182 valence electrons. The third-order valence-corrected chi connectivity index (χ3v) is 6.51. The largest absolute Gasteiger partial charge is 0.464 e. The Kier molecular flexibility index (Phi) is 13.9. The third kappa shape index (κ3) is 10.2. The summed E-state index contributed by atoms with van der Waals surface area (Å²) in [5, 5.41) is 0. The highest BCUT2D eigenvalue weighted by Crippen LogP contribution is 2.22. The van der Waals surface area contributed by atoms with Gasteiger partial charge < -0.3 is 14.1 Å². The lowest BCUT2D eigenvalue weighted by Gasteiger charge is -2.22. The Bertz CT molecular complexity index is 613. The van der Waals surface area contributed by atoms with E-state index < -0.39 is 6.04 Å². The van der Waals surface area contributed by atoms with Gasteiger partial charge in [0, 0.05) is 6.54 Å². The normalized spacial score (nSPS) is 15.9. The van der Waals surface area contributed by atoms with Crippen molar-refractivity contribution in [2.75, 3.05) is 13.2 Å². The lowest BCUT2D eigenvalue weighted by atomic mass is 10.0. The van der Waals surface area contributed by atoms with E-state index in [2.05, 4.69) is 6.92 Å². The first kappa shape index (κ1) is 26.5. The van der Waals surface area contributed by atoms with Crippen LogP contribution < -0.4 is 0 Å².